The van der Waals surface area contributed by atoms with Gasteiger partial charge in [-0.15, -0.1) is 0 Å². The fourth-order valence-electron chi connectivity index (χ4n) is 6.39. The van der Waals surface area contributed by atoms with Crippen molar-refractivity contribution in [2.75, 3.05) is 13.6 Å². The SMILES string of the molecule is CN1CC[C@]23CC(=O)[C@@H](CC(=O)NCc4ccccc4)C[C@@]2(O)[C@H]1Cc1ccc(O)cc13. The summed E-state index contributed by atoms with van der Waals surface area (Å²) in [5.74, 6) is -0.479. The van der Waals surface area contributed by atoms with Gasteiger partial charge in [0.25, 0.3) is 0 Å². The lowest BCUT2D eigenvalue weighted by atomic mass is 9.47. The minimum atomic E-state index is -1.11. The van der Waals surface area contributed by atoms with Gasteiger partial charge in [0.1, 0.15) is 11.5 Å². The third-order valence-electron chi connectivity index (χ3n) is 8.08. The first-order chi connectivity index (χ1) is 15.3. The number of benzene rings is 2. The number of Topliss-reactive ketones (excluding diaryl/α,β-unsaturated/α-hetero) is 1. The number of phenolic OH excluding ortho intramolecular Hbond substituents is 1. The van der Waals surface area contributed by atoms with E-state index in [2.05, 4.69) is 10.2 Å². The van der Waals surface area contributed by atoms with Crippen molar-refractivity contribution in [3.63, 3.8) is 0 Å². The van der Waals surface area contributed by atoms with Crippen LogP contribution in [0.5, 0.6) is 5.75 Å². The molecule has 0 radical (unpaired) electrons. The second-order valence-corrected chi connectivity index (χ2v) is 9.81. The number of likely N-dealkylation sites (N-methyl/N-ethyl adjacent to an activating group) is 1. The average Bonchev–Trinajstić information content (AvgIpc) is 2.77. The second kappa shape index (κ2) is 7.71. The van der Waals surface area contributed by atoms with Crippen molar-refractivity contribution in [3.05, 3.63) is 65.2 Å². The highest BCUT2D eigenvalue weighted by atomic mass is 16.3. The lowest BCUT2D eigenvalue weighted by Gasteiger charge is -2.63. The molecule has 4 atom stereocenters. The number of nitrogens with zero attached hydrogens (tertiary/aromatic N) is 1. The highest BCUT2D eigenvalue weighted by Crippen LogP contribution is 2.58. The molecular weight excluding hydrogens is 404 g/mol. The smallest absolute Gasteiger partial charge is 0.220 e. The number of likely N-dealkylation sites (tertiary alicyclic amines) is 1. The largest absolute Gasteiger partial charge is 0.508 e. The first kappa shape index (κ1) is 21.2. The fraction of sp³-hybridized carbons (Fsp3) is 0.462. The van der Waals surface area contributed by atoms with Crippen LogP contribution in [0.4, 0.5) is 0 Å². The third-order valence-corrected chi connectivity index (χ3v) is 8.08. The standard InChI is InChI=1S/C26H30N2O4/c1-28-10-9-25-15-22(30)19(12-24(31)27-16-17-5-3-2-4-6-17)14-26(25,32)23(28)11-18-7-8-20(29)13-21(18)25/h2-8,13,19,23,29,32H,9-12,14-16H2,1H3,(H,27,31)/t19-,23+,25+,26+/m0/s1. The number of fused-ring (bicyclic) bond motifs is 1. The van der Waals surface area contributed by atoms with Crippen molar-refractivity contribution in [1.29, 1.82) is 0 Å². The summed E-state index contributed by atoms with van der Waals surface area (Å²) in [6, 6.07) is 14.9. The summed E-state index contributed by atoms with van der Waals surface area (Å²) in [5.41, 5.74) is 1.19. The molecule has 1 amide bonds. The minimum Gasteiger partial charge on any atom is -0.508 e. The Kier molecular flexibility index (Phi) is 5.10. The minimum absolute atomic E-state index is 0.0315. The van der Waals surface area contributed by atoms with Crippen LogP contribution in [0.2, 0.25) is 0 Å². The number of phenols is 1. The van der Waals surface area contributed by atoms with E-state index in [1.807, 2.05) is 43.4 Å². The lowest BCUT2D eigenvalue weighted by molar-refractivity contribution is -0.179. The molecule has 2 aliphatic carbocycles. The van der Waals surface area contributed by atoms with E-state index in [-0.39, 0.29) is 42.7 Å². The van der Waals surface area contributed by atoms with Gasteiger partial charge in [-0.05, 0) is 61.7 Å². The zero-order chi connectivity index (χ0) is 22.5. The highest BCUT2D eigenvalue weighted by molar-refractivity contribution is 5.89. The third kappa shape index (κ3) is 3.24. The molecule has 32 heavy (non-hydrogen) atoms. The maximum atomic E-state index is 13.3. The molecule has 0 unspecified atom stereocenters. The Bertz CT molecular complexity index is 1060. The fourth-order valence-corrected chi connectivity index (χ4v) is 6.39. The number of hydrogen-bond acceptors (Lipinski definition) is 5. The van der Waals surface area contributed by atoms with Gasteiger partial charge in [0, 0.05) is 36.8 Å². The number of ketones is 1. The molecule has 2 bridgehead atoms. The van der Waals surface area contributed by atoms with E-state index in [1.165, 1.54) is 0 Å². The number of piperidine rings is 1. The zero-order valence-corrected chi connectivity index (χ0v) is 18.4. The van der Waals surface area contributed by atoms with E-state index in [0.29, 0.717) is 19.4 Å². The van der Waals surface area contributed by atoms with Gasteiger partial charge in [-0.2, -0.15) is 0 Å². The molecule has 5 rings (SSSR count). The molecule has 2 aromatic carbocycles. The van der Waals surface area contributed by atoms with Crippen LogP contribution >= 0.6 is 0 Å². The molecule has 1 heterocycles. The van der Waals surface area contributed by atoms with Gasteiger partial charge in [0.15, 0.2) is 0 Å². The topological polar surface area (TPSA) is 89.9 Å². The average molecular weight is 435 g/mol. The molecule has 0 aromatic heterocycles. The Balaban J connectivity index is 1.40. The van der Waals surface area contributed by atoms with Crippen LogP contribution in [0, 0.1) is 5.92 Å². The number of rotatable bonds is 4. The zero-order valence-electron chi connectivity index (χ0n) is 18.4. The van der Waals surface area contributed by atoms with Crippen molar-refractivity contribution < 1.29 is 19.8 Å². The van der Waals surface area contributed by atoms with Gasteiger partial charge in [-0.1, -0.05) is 36.4 Å². The molecule has 2 aromatic rings. The lowest BCUT2D eigenvalue weighted by Crippen LogP contribution is -2.73. The van der Waals surface area contributed by atoms with Crippen LogP contribution in [0.3, 0.4) is 0 Å². The number of hydrogen-bond donors (Lipinski definition) is 3. The molecule has 168 valence electrons. The Hall–Kier alpha value is -2.70. The summed E-state index contributed by atoms with van der Waals surface area (Å²) in [4.78, 5) is 28.2. The number of aliphatic hydroxyl groups is 1. The Morgan fingerprint density at radius 2 is 2.00 bits per heavy atom. The Labute approximate surface area is 188 Å². The first-order valence-electron chi connectivity index (χ1n) is 11.4. The first-order valence-corrected chi connectivity index (χ1v) is 11.4. The van der Waals surface area contributed by atoms with E-state index in [0.717, 1.165) is 23.2 Å². The van der Waals surface area contributed by atoms with Crippen LogP contribution in [0.25, 0.3) is 0 Å². The summed E-state index contributed by atoms with van der Waals surface area (Å²) in [6.45, 7) is 1.21. The van der Waals surface area contributed by atoms with E-state index in [1.54, 1.807) is 12.1 Å². The number of amides is 1. The molecule has 6 heteroatoms. The van der Waals surface area contributed by atoms with E-state index in [9.17, 15) is 19.8 Å². The van der Waals surface area contributed by atoms with Crippen LogP contribution < -0.4 is 5.32 Å². The maximum Gasteiger partial charge on any atom is 0.220 e. The molecule has 3 aliphatic rings. The second-order valence-electron chi connectivity index (χ2n) is 9.81. The molecule has 1 saturated carbocycles. The molecule has 3 N–H and O–H groups in total. The maximum absolute atomic E-state index is 13.3. The van der Waals surface area contributed by atoms with Gasteiger partial charge < -0.3 is 20.4 Å². The molecule has 2 fully saturated rings. The monoisotopic (exact) mass is 434 g/mol. The van der Waals surface area contributed by atoms with Crippen LogP contribution in [-0.2, 0) is 28.0 Å². The summed E-state index contributed by atoms with van der Waals surface area (Å²) in [6.07, 6.45) is 1.90. The van der Waals surface area contributed by atoms with E-state index in [4.69, 9.17) is 0 Å². The predicted molar refractivity (Wildman–Crippen MR) is 120 cm³/mol. The van der Waals surface area contributed by atoms with Gasteiger partial charge in [-0.25, -0.2) is 0 Å². The molecular formula is C26H30N2O4. The number of carbonyl (C=O) groups excluding carboxylic acids is 2. The Morgan fingerprint density at radius 3 is 2.78 bits per heavy atom. The highest BCUT2D eigenvalue weighted by Gasteiger charge is 2.65. The number of aromatic hydroxyl groups is 1. The van der Waals surface area contributed by atoms with Crippen molar-refractivity contribution in [3.8, 4) is 5.75 Å². The quantitative estimate of drug-likeness (QED) is 0.687. The molecule has 1 aliphatic heterocycles. The normalized spacial score (nSPS) is 31.5. The van der Waals surface area contributed by atoms with Crippen molar-refractivity contribution in [2.45, 2.75) is 55.7 Å². The summed E-state index contributed by atoms with van der Waals surface area (Å²) in [5, 5.41) is 25.3. The van der Waals surface area contributed by atoms with Crippen LogP contribution in [0.1, 0.15) is 42.4 Å². The van der Waals surface area contributed by atoms with Crippen LogP contribution in [-0.4, -0.2) is 52.0 Å². The van der Waals surface area contributed by atoms with Crippen molar-refractivity contribution >= 4 is 11.7 Å². The van der Waals surface area contributed by atoms with Gasteiger partial charge in [0.05, 0.1) is 5.60 Å². The molecule has 0 spiro atoms. The summed E-state index contributed by atoms with van der Waals surface area (Å²) >= 11 is 0. The van der Waals surface area contributed by atoms with Crippen molar-refractivity contribution in [1.82, 2.24) is 10.2 Å². The van der Waals surface area contributed by atoms with Gasteiger partial charge >= 0.3 is 0 Å². The van der Waals surface area contributed by atoms with Crippen LogP contribution in [0.15, 0.2) is 48.5 Å². The molecule has 6 nitrogen and oxygen atoms in total. The van der Waals surface area contributed by atoms with E-state index < -0.39 is 16.9 Å². The summed E-state index contributed by atoms with van der Waals surface area (Å²) in [7, 11) is 2.02. The predicted octanol–water partition coefficient (Wildman–Crippen LogP) is 2.31. The Morgan fingerprint density at radius 1 is 1.22 bits per heavy atom. The number of carbonyl (C=O) groups is 2. The van der Waals surface area contributed by atoms with Crippen molar-refractivity contribution in [2.24, 2.45) is 5.92 Å². The van der Waals surface area contributed by atoms with Gasteiger partial charge in [0.2, 0.25) is 5.91 Å². The van der Waals surface area contributed by atoms with E-state index >= 15 is 0 Å². The van der Waals surface area contributed by atoms with Gasteiger partial charge in [-0.3, -0.25) is 9.59 Å². The number of nitrogens with one attached hydrogen (secondary N) is 1. The summed E-state index contributed by atoms with van der Waals surface area (Å²) < 4.78 is 0. The molecule has 1 saturated heterocycles.